The zero-order valence-electron chi connectivity index (χ0n) is 11.8. The first kappa shape index (κ1) is 16.1. The van der Waals surface area contributed by atoms with E-state index in [1.54, 1.807) is 0 Å². The van der Waals surface area contributed by atoms with Crippen LogP contribution in [-0.2, 0) is 15.8 Å². The first-order valence-electron chi connectivity index (χ1n) is 6.81. The smallest absolute Gasteiger partial charge is 0.215 e. The number of benzene rings is 1. The largest absolute Gasteiger partial charge is 0.304 e. The maximum absolute atomic E-state index is 11.9. The van der Waals surface area contributed by atoms with Crippen molar-refractivity contribution in [2.75, 3.05) is 26.2 Å². The van der Waals surface area contributed by atoms with Crippen molar-refractivity contribution >= 4 is 10.0 Å². The molecule has 0 aliphatic carbocycles. The van der Waals surface area contributed by atoms with E-state index in [2.05, 4.69) is 23.5 Å². The number of sulfonamides is 1. The number of nitrogens with one attached hydrogen (secondary N) is 1. The van der Waals surface area contributed by atoms with E-state index in [1.807, 2.05) is 30.3 Å². The Labute approximate surface area is 116 Å². The molecule has 5 heteroatoms. The standard InChI is InChI=1S/C14H24N2O2S/c1-3-16(4-2)12-8-11-15-19(17,18)13-14-9-6-5-7-10-14/h5-7,9-10,15H,3-4,8,11-13H2,1-2H3. The van der Waals surface area contributed by atoms with Crippen molar-refractivity contribution in [2.45, 2.75) is 26.0 Å². The van der Waals surface area contributed by atoms with Crippen molar-refractivity contribution in [3.8, 4) is 0 Å². The molecule has 0 spiro atoms. The fourth-order valence-electron chi connectivity index (χ4n) is 1.91. The molecule has 0 bridgehead atoms. The lowest BCUT2D eigenvalue weighted by Crippen LogP contribution is -2.30. The molecule has 19 heavy (non-hydrogen) atoms. The Morgan fingerprint density at radius 3 is 2.32 bits per heavy atom. The predicted molar refractivity (Wildman–Crippen MR) is 79.5 cm³/mol. The van der Waals surface area contributed by atoms with Crippen LogP contribution >= 0.6 is 0 Å². The summed E-state index contributed by atoms with van der Waals surface area (Å²) < 4.78 is 26.4. The molecule has 4 nitrogen and oxygen atoms in total. The van der Waals surface area contributed by atoms with Gasteiger partial charge in [0, 0.05) is 6.54 Å². The molecule has 0 saturated carbocycles. The van der Waals surface area contributed by atoms with Gasteiger partial charge in [0.05, 0.1) is 5.75 Å². The van der Waals surface area contributed by atoms with E-state index in [4.69, 9.17) is 0 Å². The van der Waals surface area contributed by atoms with Gasteiger partial charge in [-0.3, -0.25) is 0 Å². The third kappa shape index (κ3) is 6.71. The van der Waals surface area contributed by atoms with Crippen molar-refractivity contribution in [3.63, 3.8) is 0 Å². The molecule has 108 valence electrons. The summed E-state index contributed by atoms with van der Waals surface area (Å²) in [6, 6.07) is 9.24. The minimum atomic E-state index is -3.21. The second-order valence-corrected chi connectivity index (χ2v) is 6.33. The quantitative estimate of drug-likeness (QED) is 0.704. The molecule has 0 amide bonds. The Morgan fingerprint density at radius 1 is 1.11 bits per heavy atom. The van der Waals surface area contributed by atoms with Crippen LogP contribution < -0.4 is 4.72 Å². The molecule has 0 unspecified atom stereocenters. The van der Waals surface area contributed by atoms with Crippen molar-refractivity contribution in [3.05, 3.63) is 35.9 Å². The van der Waals surface area contributed by atoms with Crippen LogP contribution in [0.4, 0.5) is 0 Å². The molecule has 0 aliphatic heterocycles. The molecule has 1 rings (SSSR count). The van der Waals surface area contributed by atoms with Crippen LogP contribution in [0.15, 0.2) is 30.3 Å². The Kier molecular flexibility index (Phi) is 7.05. The number of rotatable bonds is 9. The van der Waals surface area contributed by atoms with Crippen molar-refractivity contribution in [1.29, 1.82) is 0 Å². The molecule has 1 N–H and O–H groups in total. The van der Waals surface area contributed by atoms with Crippen LogP contribution in [0.1, 0.15) is 25.8 Å². The molecule has 0 fully saturated rings. The van der Waals surface area contributed by atoms with Crippen molar-refractivity contribution in [2.24, 2.45) is 0 Å². The van der Waals surface area contributed by atoms with Gasteiger partial charge < -0.3 is 4.90 Å². The van der Waals surface area contributed by atoms with Crippen LogP contribution in [0, 0.1) is 0 Å². The van der Waals surface area contributed by atoms with Crippen LogP contribution in [0.25, 0.3) is 0 Å². The van der Waals surface area contributed by atoms with E-state index >= 15 is 0 Å². The van der Waals surface area contributed by atoms with E-state index in [1.165, 1.54) is 0 Å². The third-order valence-electron chi connectivity index (χ3n) is 3.07. The van der Waals surface area contributed by atoms with Gasteiger partial charge in [-0.25, -0.2) is 13.1 Å². The van der Waals surface area contributed by atoms with Crippen molar-refractivity contribution < 1.29 is 8.42 Å². The summed E-state index contributed by atoms with van der Waals surface area (Å²) >= 11 is 0. The van der Waals surface area contributed by atoms with Crippen LogP contribution in [0.5, 0.6) is 0 Å². The summed E-state index contributed by atoms with van der Waals surface area (Å²) in [6.45, 7) is 7.68. The minimum absolute atomic E-state index is 0.0547. The van der Waals surface area contributed by atoms with E-state index in [0.717, 1.165) is 31.6 Å². The Balaban J connectivity index is 2.32. The highest BCUT2D eigenvalue weighted by Crippen LogP contribution is 2.03. The van der Waals surface area contributed by atoms with E-state index in [-0.39, 0.29) is 5.75 Å². The zero-order valence-corrected chi connectivity index (χ0v) is 12.6. The summed E-state index contributed by atoms with van der Waals surface area (Å²) in [5.74, 6) is 0.0547. The van der Waals surface area contributed by atoms with Gasteiger partial charge in [-0.15, -0.1) is 0 Å². The average molecular weight is 284 g/mol. The Hall–Kier alpha value is -0.910. The summed E-state index contributed by atoms with van der Waals surface area (Å²) in [4.78, 5) is 2.28. The van der Waals surface area contributed by atoms with Gasteiger partial charge in [0.15, 0.2) is 0 Å². The van der Waals surface area contributed by atoms with Gasteiger partial charge in [-0.05, 0) is 31.6 Å². The van der Waals surface area contributed by atoms with Crippen molar-refractivity contribution in [1.82, 2.24) is 9.62 Å². The SMILES string of the molecule is CCN(CC)CCCNS(=O)(=O)Cc1ccccc1. The van der Waals surface area contributed by atoms with Gasteiger partial charge in [0.2, 0.25) is 10.0 Å². The molecular weight excluding hydrogens is 260 g/mol. The average Bonchev–Trinajstić information content (AvgIpc) is 2.39. The number of nitrogens with zero attached hydrogens (tertiary/aromatic N) is 1. The Bertz CT molecular complexity index is 442. The van der Waals surface area contributed by atoms with Crippen LogP contribution in [0.3, 0.4) is 0 Å². The maximum Gasteiger partial charge on any atom is 0.215 e. The number of hydrogen-bond donors (Lipinski definition) is 1. The lowest BCUT2D eigenvalue weighted by molar-refractivity contribution is 0.300. The van der Waals surface area contributed by atoms with E-state index in [9.17, 15) is 8.42 Å². The normalized spacial score (nSPS) is 11.9. The summed E-state index contributed by atoms with van der Waals surface area (Å²) in [5.41, 5.74) is 0.818. The first-order valence-corrected chi connectivity index (χ1v) is 8.46. The third-order valence-corrected chi connectivity index (χ3v) is 4.42. The topological polar surface area (TPSA) is 49.4 Å². The molecule has 0 radical (unpaired) electrons. The molecule has 0 aromatic heterocycles. The van der Waals surface area contributed by atoms with Crippen LogP contribution in [-0.4, -0.2) is 39.5 Å². The van der Waals surface area contributed by atoms with E-state index < -0.39 is 10.0 Å². The molecule has 0 saturated heterocycles. The lowest BCUT2D eigenvalue weighted by Gasteiger charge is -2.17. The molecule has 0 aliphatic rings. The monoisotopic (exact) mass is 284 g/mol. The molecule has 0 atom stereocenters. The van der Waals surface area contributed by atoms with Crippen LogP contribution in [0.2, 0.25) is 0 Å². The highest BCUT2D eigenvalue weighted by molar-refractivity contribution is 7.88. The fourth-order valence-corrected chi connectivity index (χ4v) is 3.10. The maximum atomic E-state index is 11.9. The molecule has 0 heterocycles. The second kappa shape index (κ2) is 8.30. The second-order valence-electron chi connectivity index (χ2n) is 4.52. The van der Waals surface area contributed by atoms with Gasteiger partial charge in [-0.2, -0.15) is 0 Å². The van der Waals surface area contributed by atoms with Gasteiger partial charge >= 0.3 is 0 Å². The Morgan fingerprint density at radius 2 is 1.74 bits per heavy atom. The molecule has 1 aromatic rings. The predicted octanol–water partition coefficient (Wildman–Crippen LogP) is 1.84. The highest BCUT2D eigenvalue weighted by Gasteiger charge is 2.10. The summed E-state index contributed by atoms with van der Waals surface area (Å²) in [5, 5.41) is 0. The molecular formula is C14H24N2O2S. The highest BCUT2D eigenvalue weighted by atomic mass is 32.2. The molecule has 1 aromatic carbocycles. The number of hydrogen-bond acceptors (Lipinski definition) is 3. The summed E-state index contributed by atoms with van der Waals surface area (Å²) in [7, 11) is -3.21. The fraction of sp³-hybridized carbons (Fsp3) is 0.571. The lowest BCUT2D eigenvalue weighted by atomic mass is 10.2. The van der Waals surface area contributed by atoms with Gasteiger partial charge in [0.1, 0.15) is 0 Å². The minimum Gasteiger partial charge on any atom is -0.304 e. The summed E-state index contributed by atoms with van der Waals surface area (Å²) in [6.07, 6.45) is 0.843. The van der Waals surface area contributed by atoms with E-state index in [0.29, 0.717) is 6.54 Å². The first-order chi connectivity index (χ1) is 9.07. The zero-order chi connectivity index (χ0) is 14.1. The van der Waals surface area contributed by atoms with Gasteiger partial charge in [0.25, 0.3) is 0 Å². The van der Waals surface area contributed by atoms with Gasteiger partial charge in [-0.1, -0.05) is 44.2 Å².